The molecule has 1 N–H and O–H groups in total. The summed E-state index contributed by atoms with van der Waals surface area (Å²) in [7, 11) is 1.76. The fraction of sp³-hybridized carbons (Fsp3) is 0.667. The fourth-order valence-corrected chi connectivity index (χ4v) is 3.89. The Hall–Kier alpha value is -1.06. The zero-order chi connectivity index (χ0) is 14.8. The minimum Gasteiger partial charge on any atom is -0.497 e. The molecule has 0 bridgehead atoms. The Bertz CT molecular complexity index is 484. The molecule has 0 aliphatic heterocycles. The van der Waals surface area contributed by atoms with E-state index in [2.05, 4.69) is 42.3 Å². The molecule has 1 saturated carbocycles. The van der Waals surface area contributed by atoms with Crippen LogP contribution in [0, 0.1) is 0 Å². The molecule has 0 heterocycles. The second kappa shape index (κ2) is 6.37. The highest BCUT2D eigenvalue weighted by molar-refractivity contribution is 5.40. The SMILES string of the molecule is CCNC1c2cc(OC)ccc2CCC1N(CC)C1CC1. The number of fused-ring (bicyclic) bond motifs is 1. The monoisotopic (exact) mass is 288 g/mol. The van der Waals surface area contributed by atoms with Gasteiger partial charge in [0, 0.05) is 18.1 Å². The first-order valence-electron chi connectivity index (χ1n) is 8.44. The highest BCUT2D eigenvalue weighted by atomic mass is 16.5. The van der Waals surface area contributed by atoms with Crippen molar-refractivity contribution in [2.24, 2.45) is 0 Å². The molecule has 2 atom stereocenters. The average Bonchev–Trinajstić information content (AvgIpc) is 3.34. The van der Waals surface area contributed by atoms with Crippen LogP contribution in [0.1, 0.15) is 50.3 Å². The second-order valence-electron chi connectivity index (χ2n) is 6.27. The molecule has 1 aromatic rings. The quantitative estimate of drug-likeness (QED) is 0.870. The van der Waals surface area contributed by atoms with Crippen molar-refractivity contribution in [2.75, 3.05) is 20.2 Å². The van der Waals surface area contributed by atoms with Crippen LogP contribution in [-0.2, 0) is 6.42 Å². The van der Waals surface area contributed by atoms with Gasteiger partial charge in [0.1, 0.15) is 5.75 Å². The van der Waals surface area contributed by atoms with E-state index in [0.717, 1.165) is 24.9 Å². The number of nitrogens with zero attached hydrogens (tertiary/aromatic N) is 1. The van der Waals surface area contributed by atoms with Gasteiger partial charge in [-0.05, 0) is 62.0 Å². The molecule has 0 aromatic heterocycles. The average molecular weight is 288 g/mol. The summed E-state index contributed by atoms with van der Waals surface area (Å²) in [4.78, 5) is 2.73. The molecule has 116 valence electrons. The van der Waals surface area contributed by atoms with Gasteiger partial charge in [-0.25, -0.2) is 0 Å². The van der Waals surface area contributed by atoms with Gasteiger partial charge in [-0.15, -0.1) is 0 Å². The van der Waals surface area contributed by atoms with Gasteiger partial charge in [0.15, 0.2) is 0 Å². The van der Waals surface area contributed by atoms with E-state index in [0.29, 0.717) is 12.1 Å². The lowest BCUT2D eigenvalue weighted by molar-refractivity contribution is 0.139. The third-order valence-corrected chi connectivity index (χ3v) is 5.01. The lowest BCUT2D eigenvalue weighted by Crippen LogP contribution is -2.48. The summed E-state index contributed by atoms with van der Waals surface area (Å²) in [6.07, 6.45) is 5.22. The molecule has 0 radical (unpaired) electrons. The van der Waals surface area contributed by atoms with Crippen LogP contribution in [0.2, 0.25) is 0 Å². The molecule has 0 amide bonds. The molecule has 1 aromatic carbocycles. The van der Waals surface area contributed by atoms with E-state index < -0.39 is 0 Å². The number of hydrogen-bond acceptors (Lipinski definition) is 3. The lowest BCUT2D eigenvalue weighted by atomic mass is 9.82. The summed E-state index contributed by atoms with van der Waals surface area (Å²) < 4.78 is 5.45. The maximum atomic E-state index is 5.45. The van der Waals surface area contributed by atoms with Gasteiger partial charge in [-0.2, -0.15) is 0 Å². The Morgan fingerprint density at radius 1 is 1.24 bits per heavy atom. The number of aryl methyl sites for hydroxylation is 1. The highest BCUT2D eigenvalue weighted by Crippen LogP contribution is 2.39. The van der Waals surface area contributed by atoms with Crippen molar-refractivity contribution in [2.45, 2.75) is 57.7 Å². The smallest absolute Gasteiger partial charge is 0.119 e. The number of likely N-dealkylation sites (N-methyl/N-ethyl adjacent to an activating group) is 2. The maximum absolute atomic E-state index is 5.45. The minimum absolute atomic E-state index is 0.439. The van der Waals surface area contributed by atoms with Crippen molar-refractivity contribution < 1.29 is 4.74 Å². The van der Waals surface area contributed by atoms with Crippen LogP contribution in [0.15, 0.2) is 18.2 Å². The van der Waals surface area contributed by atoms with E-state index in [1.165, 1.54) is 36.8 Å². The van der Waals surface area contributed by atoms with E-state index in [9.17, 15) is 0 Å². The molecule has 2 unspecified atom stereocenters. The van der Waals surface area contributed by atoms with Crippen LogP contribution in [0.25, 0.3) is 0 Å². The zero-order valence-corrected chi connectivity index (χ0v) is 13.6. The Kier molecular flexibility index (Phi) is 4.51. The predicted molar refractivity (Wildman–Crippen MR) is 86.9 cm³/mol. The molecule has 0 spiro atoms. The van der Waals surface area contributed by atoms with Gasteiger partial charge in [0.05, 0.1) is 7.11 Å². The van der Waals surface area contributed by atoms with E-state index in [4.69, 9.17) is 4.74 Å². The third-order valence-electron chi connectivity index (χ3n) is 5.01. The van der Waals surface area contributed by atoms with Gasteiger partial charge in [0.25, 0.3) is 0 Å². The summed E-state index contributed by atoms with van der Waals surface area (Å²) >= 11 is 0. The van der Waals surface area contributed by atoms with Crippen LogP contribution in [0.3, 0.4) is 0 Å². The van der Waals surface area contributed by atoms with E-state index >= 15 is 0 Å². The van der Waals surface area contributed by atoms with E-state index in [-0.39, 0.29) is 0 Å². The summed E-state index contributed by atoms with van der Waals surface area (Å²) in [5, 5.41) is 3.74. The molecule has 21 heavy (non-hydrogen) atoms. The largest absolute Gasteiger partial charge is 0.497 e. The molecule has 1 fully saturated rings. The molecule has 3 heteroatoms. The molecule has 0 saturated heterocycles. The number of methoxy groups -OCH3 is 1. The number of ether oxygens (including phenoxy) is 1. The van der Waals surface area contributed by atoms with Crippen molar-refractivity contribution in [3.05, 3.63) is 29.3 Å². The topological polar surface area (TPSA) is 24.5 Å². The molecule has 3 nitrogen and oxygen atoms in total. The molecular formula is C18H28N2O. The summed E-state index contributed by atoms with van der Waals surface area (Å²) in [5.41, 5.74) is 2.94. The minimum atomic E-state index is 0.439. The van der Waals surface area contributed by atoms with E-state index in [1.54, 1.807) is 7.11 Å². The van der Waals surface area contributed by atoms with Gasteiger partial charge < -0.3 is 10.1 Å². The Labute approximate surface area is 128 Å². The Morgan fingerprint density at radius 2 is 2.05 bits per heavy atom. The highest BCUT2D eigenvalue weighted by Gasteiger charge is 2.39. The van der Waals surface area contributed by atoms with Crippen LogP contribution >= 0.6 is 0 Å². The van der Waals surface area contributed by atoms with Crippen molar-refractivity contribution in [3.8, 4) is 5.75 Å². The van der Waals surface area contributed by atoms with Crippen LogP contribution < -0.4 is 10.1 Å². The summed E-state index contributed by atoms with van der Waals surface area (Å²) in [5.74, 6) is 0.978. The number of nitrogens with one attached hydrogen (secondary N) is 1. The van der Waals surface area contributed by atoms with Crippen LogP contribution in [0.5, 0.6) is 5.75 Å². The summed E-state index contributed by atoms with van der Waals surface area (Å²) in [6, 6.07) is 8.49. The Balaban J connectivity index is 1.92. The van der Waals surface area contributed by atoms with Gasteiger partial charge in [-0.3, -0.25) is 4.90 Å². The molecular weight excluding hydrogens is 260 g/mol. The lowest BCUT2D eigenvalue weighted by Gasteiger charge is -2.41. The molecule has 2 aliphatic rings. The standard InChI is InChI=1S/C18H28N2O/c1-4-19-18-16-12-15(21-3)10-6-13(16)7-11-17(18)20(5-2)14-8-9-14/h6,10,12,14,17-19H,4-5,7-9,11H2,1-3H3. The maximum Gasteiger partial charge on any atom is 0.119 e. The Morgan fingerprint density at radius 3 is 2.67 bits per heavy atom. The van der Waals surface area contributed by atoms with Gasteiger partial charge in [0.2, 0.25) is 0 Å². The molecule has 3 rings (SSSR count). The van der Waals surface area contributed by atoms with Crippen molar-refractivity contribution in [3.63, 3.8) is 0 Å². The van der Waals surface area contributed by atoms with Crippen molar-refractivity contribution in [1.29, 1.82) is 0 Å². The first-order chi connectivity index (χ1) is 10.3. The zero-order valence-electron chi connectivity index (χ0n) is 13.6. The van der Waals surface area contributed by atoms with Gasteiger partial charge in [-0.1, -0.05) is 19.9 Å². The predicted octanol–water partition coefficient (Wildman–Crippen LogP) is 3.14. The van der Waals surface area contributed by atoms with Gasteiger partial charge >= 0.3 is 0 Å². The first kappa shape index (κ1) is 14.9. The fourth-order valence-electron chi connectivity index (χ4n) is 3.89. The number of rotatable bonds is 6. The van der Waals surface area contributed by atoms with Crippen LogP contribution in [-0.4, -0.2) is 37.2 Å². The second-order valence-corrected chi connectivity index (χ2v) is 6.27. The van der Waals surface area contributed by atoms with Crippen LogP contribution in [0.4, 0.5) is 0 Å². The van der Waals surface area contributed by atoms with E-state index in [1.807, 2.05) is 0 Å². The normalized spacial score (nSPS) is 25.0. The van der Waals surface area contributed by atoms with Crippen molar-refractivity contribution >= 4 is 0 Å². The van der Waals surface area contributed by atoms with Crippen molar-refractivity contribution in [1.82, 2.24) is 10.2 Å². The molecule has 2 aliphatic carbocycles. The summed E-state index contributed by atoms with van der Waals surface area (Å²) in [6.45, 7) is 6.69. The number of benzene rings is 1. The third kappa shape index (κ3) is 2.95. The first-order valence-corrected chi connectivity index (χ1v) is 8.44. The number of hydrogen-bond donors (Lipinski definition) is 1.